The number of nitrogens with one attached hydrogen (secondary N) is 1. The van der Waals surface area contributed by atoms with E-state index >= 15 is 0 Å². The van der Waals surface area contributed by atoms with Crippen molar-refractivity contribution in [1.29, 1.82) is 0 Å². The standard InChI is InChI=1S/C14H17N3O3/c1-7-11(8(2)15-12(7)9(3)18)14-16-13(17-20-14)10-4-5-19-6-10/h10,15H,4-6H2,1-3H3. The average Bonchev–Trinajstić information content (AvgIpc) is 3.08. The first-order valence-electron chi connectivity index (χ1n) is 6.69. The molecule has 1 aliphatic heterocycles. The van der Waals surface area contributed by atoms with E-state index < -0.39 is 0 Å². The predicted octanol–water partition coefficient (Wildman–Crippen LogP) is 2.39. The Morgan fingerprint density at radius 2 is 2.20 bits per heavy atom. The molecule has 0 saturated carbocycles. The van der Waals surface area contributed by atoms with Crippen molar-refractivity contribution in [1.82, 2.24) is 15.1 Å². The van der Waals surface area contributed by atoms with Crippen LogP contribution in [0.15, 0.2) is 4.52 Å². The summed E-state index contributed by atoms with van der Waals surface area (Å²) in [6.45, 7) is 6.71. The van der Waals surface area contributed by atoms with Gasteiger partial charge in [0.2, 0.25) is 0 Å². The van der Waals surface area contributed by atoms with Crippen LogP contribution in [0.4, 0.5) is 0 Å². The third kappa shape index (κ3) is 2.06. The van der Waals surface area contributed by atoms with Crippen molar-refractivity contribution in [2.24, 2.45) is 0 Å². The maximum atomic E-state index is 11.6. The van der Waals surface area contributed by atoms with Crippen molar-refractivity contribution in [2.45, 2.75) is 33.1 Å². The van der Waals surface area contributed by atoms with E-state index in [1.165, 1.54) is 6.92 Å². The Bertz CT molecular complexity index is 651. The maximum absolute atomic E-state index is 11.6. The smallest absolute Gasteiger partial charge is 0.260 e. The zero-order valence-electron chi connectivity index (χ0n) is 11.8. The Hall–Kier alpha value is -1.95. The number of nitrogens with zero attached hydrogens (tertiary/aromatic N) is 2. The van der Waals surface area contributed by atoms with Crippen LogP contribution >= 0.6 is 0 Å². The summed E-state index contributed by atoms with van der Waals surface area (Å²) in [7, 11) is 0. The van der Waals surface area contributed by atoms with E-state index in [1.54, 1.807) is 0 Å². The summed E-state index contributed by atoms with van der Waals surface area (Å²) in [5.41, 5.74) is 3.15. The maximum Gasteiger partial charge on any atom is 0.260 e. The molecule has 6 heteroatoms. The summed E-state index contributed by atoms with van der Waals surface area (Å²) < 4.78 is 10.7. The molecule has 2 aromatic rings. The molecule has 1 unspecified atom stereocenters. The Kier molecular flexibility index (Phi) is 3.17. The number of ether oxygens (including phenoxy) is 1. The first-order chi connectivity index (χ1) is 9.58. The van der Waals surface area contributed by atoms with Gasteiger partial charge in [0.1, 0.15) is 0 Å². The molecule has 3 rings (SSSR count). The lowest BCUT2D eigenvalue weighted by atomic mass is 10.1. The Morgan fingerprint density at radius 3 is 2.80 bits per heavy atom. The van der Waals surface area contributed by atoms with Crippen molar-refractivity contribution in [3.8, 4) is 11.5 Å². The number of hydrogen-bond acceptors (Lipinski definition) is 5. The lowest BCUT2D eigenvalue weighted by molar-refractivity contribution is 0.101. The number of carbonyl (C=O) groups is 1. The van der Waals surface area contributed by atoms with Gasteiger partial charge in [-0.15, -0.1) is 0 Å². The number of aryl methyl sites for hydroxylation is 1. The number of Topliss-reactive ketones (excluding diaryl/α,β-unsaturated/α-hetero) is 1. The Morgan fingerprint density at radius 1 is 1.40 bits per heavy atom. The lowest BCUT2D eigenvalue weighted by Crippen LogP contribution is -1.99. The molecule has 20 heavy (non-hydrogen) atoms. The SMILES string of the molecule is CC(=O)c1[nH]c(C)c(-c2nc(C3CCOC3)no2)c1C. The lowest BCUT2D eigenvalue weighted by Gasteiger charge is -1.98. The quantitative estimate of drug-likeness (QED) is 0.870. The fourth-order valence-corrected chi connectivity index (χ4v) is 2.66. The molecule has 3 heterocycles. The molecule has 0 spiro atoms. The molecule has 1 fully saturated rings. The van der Waals surface area contributed by atoms with E-state index in [-0.39, 0.29) is 11.7 Å². The number of rotatable bonds is 3. The van der Waals surface area contributed by atoms with Crippen LogP contribution in [0.2, 0.25) is 0 Å². The van der Waals surface area contributed by atoms with Crippen molar-refractivity contribution in [3.05, 3.63) is 22.8 Å². The minimum absolute atomic E-state index is 0.000724. The van der Waals surface area contributed by atoms with E-state index in [1.807, 2.05) is 13.8 Å². The molecule has 0 aromatic carbocycles. The summed E-state index contributed by atoms with van der Waals surface area (Å²) in [6, 6.07) is 0. The van der Waals surface area contributed by atoms with Crippen molar-refractivity contribution in [3.63, 3.8) is 0 Å². The van der Waals surface area contributed by atoms with Gasteiger partial charge in [-0.05, 0) is 25.8 Å². The molecule has 0 bridgehead atoms. The van der Waals surface area contributed by atoms with Gasteiger partial charge in [0.05, 0.1) is 17.9 Å². The average molecular weight is 275 g/mol. The highest BCUT2D eigenvalue weighted by molar-refractivity contribution is 5.96. The van der Waals surface area contributed by atoms with Crippen LogP contribution in [0.25, 0.3) is 11.5 Å². The first-order valence-corrected chi connectivity index (χ1v) is 6.69. The van der Waals surface area contributed by atoms with E-state index in [2.05, 4.69) is 15.1 Å². The van der Waals surface area contributed by atoms with Crippen LogP contribution in [0, 0.1) is 13.8 Å². The molecular formula is C14H17N3O3. The fourth-order valence-electron chi connectivity index (χ4n) is 2.66. The number of H-pyrrole nitrogens is 1. The molecular weight excluding hydrogens is 258 g/mol. The van der Waals surface area contributed by atoms with E-state index in [9.17, 15) is 4.79 Å². The Labute approximate surface area is 116 Å². The van der Waals surface area contributed by atoms with Crippen LogP contribution in [-0.4, -0.2) is 34.1 Å². The first kappa shape index (κ1) is 13.1. The number of aromatic amines is 1. The summed E-state index contributed by atoms with van der Waals surface area (Å²) in [6.07, 6.45) is 0.919. The number of aromatic nitrogens is 3. The van der Waals surface area contributed by atoms with Gasteiger partial charge in [-0.1, -0.05) is 5.16 Å². The highest BCUT2D eigenvalue weighted by atomic mass is 16.5. The molecule has 6 nitrogen and oxygen atoms in total. The summed E-state index contributed by atoms with van der Waals surface area (Å²) in [4.78, 5) is 19.1. The minimum Gasteiger partial charge on any atom is -0.381 e. The van der Waals surface area contributed by atoms with Crippen molar-refractivity contribution < 1.29 is 14.1 Å². The molecule has 1 aliphatic rings. The number of carbonyl (C=O) groups excluding carboxylic acids is 1. The minimum atomic E-state index is 0.000724. The molecule has 2 aromatic heterocycles. The second-order valence-electron chi connectivity index (χ2n) is 5.20. The van der Waals surface area contributed by atoms with Crippen molar-refractivity contribution in [2.75, 3.05) is 13.2 Å². The van der Waals surface area contributed by atoms with Crippen LogP contribution in [-0.2, 0) is 4.74 Å². The topological polar surface area (TPSA) is 81.0 Å². The molecule has 0 aliphatic carbocycles. The second-order valence-corrected chi connectivity index (χ2v) is 5.20. The van der Waals surface area contributed by atoms with Gasteiger partial charge in [0.25, 0.3) is 5.89 Å². The van der Waals surface area contributed by atoms with Crippen LogP contribution in [0.3, 0.4) is 0 Å². The molecule has 106 valence electrons. The predicted molar refractivity (Wildman–Crippen MR) is 71.7 cm³/mol. The normalized spacial score (nSPS) is 18.6. The van der Waals surface area contributed by atoms with Gasteiger partial charge in [0.15, 0.2) is 11.6 Å². The summed E-state index contributed by atoms with van der Waals surface area (Å²) in [5.74, 6) is 1.35. The van der Waals surface area contributed by atoms with Crippen LogP contribution < -0.4 is 0 Å². The van der Waals surface area contributed by atoms with Crippen LogP contribution in [0.1, 0.15) is 46.8 Å². The van der Waals surface area contributed by atoms with E-state index in [0.717, 1.165) is 29.8 Å². The highest BCUT2D eigenvalue weighted by Gasteiger charge is 2.25. The van der Waals surface area contributed by atoms with Gasteiger partial charge >= 0.3 is 0 Å². The highest BCUT2D eigenvalue weighted by Crippen LogP contribution is 2.30. The van der Waals surface area contributed by atoms with Gasteiger partial charge in [-0.2, -0.15) is 4.98 Å². The third-order valence-corrected chi connectivity index (χ3v) is 3.74. The molecule has 1 saturated heterocycles. The van der Waals surface area contributed by atoms with Gasteiger partial charge < -0.3 is 14.2 Å². The zero-order chi connectivity index (χ0) is 14.3. The molecule has 0 radical (unpaired) electrons. The van der Waals surface area contributed by atoms with Gasteiger partial charge in [0, 0.05) is 25.1 Å². The largest absolute Gasteiger partial charge is 0.381 e. The van der Waals surface area contributed by atoms with Crippen LogP contribution in [0.5, 0.6) is 0 Å². The fraction of sp³-hybridized carbons (Fsp3) is 0.500. The summed E-state index contributed by atoms with van der Waals surface area (Å²) in [5, 5.41) is 4.05. The number of hydrogen-bond donors (Lipinski definition) is 1. The Balaban J connectivity index is 1.99. The van der Waals surface area contributed by atoms with E-state index in [0.29, 0.717) is 24.0 Å². The monoisotopic (exact) mass is 275 g/mol. The third-order valence-electron chi connectivity index (χ3n) is 3.74. The van der Waals surface area contributed by atoms with Crippen molar-refractivity contribution >= 4 is 5.78 Å². The second kappa shape index (κ2) is 4.86. The number of ketones is 1. The van der Waals surface area contributed by atoms with Gasteiger partial charge in [-0.3, -0.25) is 4.79 Å². The summed E-state index contributed by atoms with van der Waals surface area (Å²) >= 11 is 0. The molecule has 1 atom stereocenters. The molecule has 0 amide bonds. The molecule has 1 N–H and O–H groups in total. The van der Waals surface area contributed by atoms with E-state index in [4.69, 9.17) is 9.26 Å². The van der Waals surface area contributed by atoms with Gasteiger partial charge in [-0.25, -0.2) is 0 Å². The zero-order valence-corrected chi connectivity index (χ0v) is 11.8.